The lowest BCUT2D eigenvalue weighted by atomic mass is 10.1. The van der Waals surface area contributed by atoms with E-state index in [1.54, 1.807) is 36.7 Å². The van der Waals surface area contributed by atoms with Crippen LogP contribution < -0.4 is 9.62 Å². The van der Waals surface area contributed by atoms with Crippen molar-refractivity contribution < 1.29 is 23.0 Å². The number of imidazole rings is 1. The SMILES string of the molecule is CC1COC(NC(=O)N(S)c2ccc(F)cc2)(c2nc(-c3ccc(F)cc3)c(-c3ccncc3)[nH]2)OC1. The number of nitrogens with zero attached hydrogens (tertiary/aromatic N) is 3. The van der Waals surface area contributed by atoms with Crippen LogP contribution in [0.15, 0.2) is 73.1 Å². The molecular weight excluding hydrogens is 500 g/mol. The molecule has 0 aliphatic carbocycles. The monoisotopic (exact) mass is 523 g/mol. The van der Waals surface area contributed by atoms with Crippen LogP contribution in [0.2, 0.25) is 0 Å². The molecule has 37 heavy (non-hydrogen) atoms. The Kier molecular flexibility index (Phi) is 6.92. The summed E-state index contributed by atoms with van der Waals surface area (Å²) in [6.07, 6.45) is 3.27. The summed E-state index contributed by atoms with van der Waals surface area (Å²) in [6, 6.07) is 14.1. The number of aromatic nitrogens is 3. The van der Waals surface area contributed by atoms with Crippen molar-refractivity contribution in [1.29, 1.82) is 0 Å². The summed E-state index contributed by atoms with van der Waals surface area (Å²) in [5.74, 6) is -2.34. The van der Waals surface area contributed by atoms with Gasteiger partial charge in [0.25, 0.3) is 0 Å². The quantitative estimate of drug-likeness (QED) is 0.310. The minimum Gasteiger partial charge on any atom is -0.335 e. The molecule has 2 aromatic carbocycles. The van der Waals surface area contributed by atoms with Gasteiger partial charge in [-0.3, -0.25) is 10.3 Å². The van der Waals surface area contributed by atoms with Crippen molar-refractivity contribution in [3.8, 4) is 22.5 Å². The highest BCUT2D eigenvalue weighted by Crippen LogP contribution is 2.36. The Labute approximate surface area is 217 Å². The molecule has 4 aromatic rings. The van der Waals surface area contributed by atoms with Crippen LogP contribution in [0.3, 0.4) is 0 Å². The van der Waals surface area contributed by atoms with Gasteiger partial charge in [0.15, 0.2) is 5.82 Å². The van der Waals surface area contributed by atoms with Gasteiger partial charge in [0.1, 0.15) is 11.6 Å². The van der Waals surface area contributed by atoms with E-state index >= 15 is 0 Å². The summed E-state index contributed by atoms with van der Waals surface area (Å²) in [4.78, 5) is 25.3. The summed E-state index contributed by atoms with van der Waals surface area (Å²) in [6.45, 7) is 2.50. The molecule has 2 aromatic heterocycles. The number of pyridine rings is 1. The number of hydrogen-bond acceptors (Lipinski definition) is 6. The summed E-state index contributed by atoms with van der Waals surface area (Å²) < 4.78 is 40.1. The fraction of sp³-hybridized carbons (Fsp3) is 0.192. The molecule has 2 amide bonds. The number of rotatable bonds is 5. The fourth-order valence-electron chi connectivity index (χ4n) is 3.84. The topological polar surface area (TPSA) is 92.4 Å². The van der Waals surface area contributed by atoms with Gasteiger partial charge >= 0.3 is 11.9 Å². The largest absolute Gasteiger partial charge is 0.336 e. The van der Waals surface area contributed by atoms with E-state index in [2.05, 4.69) is 28.1 Å². The highest BCUT2D eigenvalue weighted by Gasteiger charge is 2.45. The van der Waals surface area contributed by atoms with E-state index in [0.717, 1.165) is 9.87 Å². The molecule has 190 valence electrons. The van der Waals surface area contributed by atoms with E-state index in [1.165, 1.54) is 36.4 Å². The lowest BCUT2D eigenvalue weighted by Gasteiger charge is -2.38. The van der Waals surface area contributed by atoms with E-state index < -0.39 is 17.8 Å². The zero-order chi connectivity index (χ0) is 26.0. The number of carbonyl (C=O) groups excluding carboxylic acids is 1. The second kappa shape index (κ2) is 10.3. The van der Waals surface area contributed by atoms with Gasteiger partial charge in [-0.25, -0.2) is 22.9 Å². The van der Waals surface area contributed by atoms with Crippen molar-refractivity contribution in [2.75, 3.05) is 17.5 Å². The van der Waals surface area contributed by atoms with Gasteiger partial charge in [-0.2, -0.15) is 0 Å². The van der Waals surface area contributed by atoms with Gasteiger partial charge in [-0.05, 0) is 60.7 Å². The molecule has 0 unspecified atom stereocenters. The van der Waals surface area contributed by atoms with E-state index in [1.807, 2.05) is 6.92 Å². The molecule has 0 atom stereocenters. The number of H-pyrrole nitrogens is 1. The number of thiol groups is 1. The van der Waals surface area contributed by atoms with Crippen LogP contribution in [0.5, 0.6) is 0 Å². The first-order valence-electron chi connectivity index (χ1n) is 11.5. The number of nitrogens with one attached hydrogen (secondary N) is 2. The standard InChI is InChI=1S/C26H23F2N5O3S/c1-16-14-35-26(36-15-16,32-25(34)33(37)21-8-6-20(28)7-9-21)24-30-22(17-2-4-19(27)5-3-17)23(31-24)18-10-12-29-13-11-18/h2-13,16,37H,14-15H2,1H3,(H,30,31)(H,32,34). The normalized spacial score (nSPS) is 19.4. The predicted octanol–water partition coefficient (Wildman–Crippen LogP) is 5.27. The molecule has 0 radical (unpaired) electrons. The number of anilines is 1. The van der Waals surface area contributed by atoms with Crippen LogP contribution in [0.1, 0.15) is 12.7 Å². The van der Waals surface area contributed by atoms with Gasteiger partial charge in [0.2, 0.25) is 0 Å². The van der Waals surface area contributed by atoms with Crippen molar-refractivity contribution >= 4 is 24.5 Å². The zero-order valence-electron chi connectivity index (χ0n) is 19.7. The Morgan fingerprint density at radius 3 is 2.22 bits per heavy atom. The van der Waals surface area contributed by atoms with Crippen LogP contribution in [-0.2, 0) is 15.4 Å². The third-order valence-electron chi connectivity index (χ3n) is 5.78. The van der Waals surface area contributed by atoms with E-state index in [9.17, 15) is 13.6 Å². The first kappa shape index (κ1) is 24.9. The van der Waals surface area contributed by atoms with Crippen molar-refractivity contribution in [3.05, 3.63) is 90.5 Å². The third kappa shape index (κ3) is 5.19. The number of ether oxygens (including phenoxy) is 2. The number of benzene rings is 2. The molecule has 0 spiro atoms. The van der Waals surface area contributed by atoms with Gasteiger partial charge in [0.05, 0.1) is 30.3 Å². The maximum Gasteiger partial charge on any atom is 0.336 e. The molecule has 2 N–H and O–H groups in total. The highest BCUT2D eigenvalue weighted by atomic mass is 32.1. The van der Waals surface area contributed by atoms with Gasteiger partial charge < -0.3 is 14.5 Å². The maximum absolute atomic E-state index is 13.6. The van der Waals surface area contributed by atoms with Crippen LogP contribution in [0.4, 0.5) is 19.3 Å². The molecule has 1 aliphatic heterocycles. The highest BCUT2D eigenvalue weighted by molar-refractivity contribution is 7.82. The number of carbonyl (C=O) groups is 1. The number of halogens is 2. The lowest BCUT2D eigenvalue weighted by molar-refractivity contribution is -0.304. The molecule has 11 heteroatoms. The minimum absolute atomic E-state index is 0.0698. The Hall–Kier alpha value is -3.80. The second-order valence-corrected chi connectivity index (χ2v) is 9.01. The van der Waals surface area contributed by atoms with E-state index in [0.29, 0.717) is 22.6 Å². The maximum atomic E-state index is 13.6. The number of aromatic amines is 1. The molecule has 8 nitrogen and oxygen atoms in total. The van der Waals surface area contributed by atoms with Crippen molar-refractivity contribution in [2.45, 2.75) is 12.8 Å². The molecule has 1 aliphatic rings. The number of hydrogen-bond donors (Lipinski definition) is 3. The smallest absolute Gasteiger partial charge is 0.335 e. The van der Waals surface area contributed by atoms with Crippen LogP contribution in [-0.4, -0.2) is 34.2 Å². The van der Waals surface area contributed by atoms with E-state index in [-0.39, 0.29) is 30.8 Å². The Balaban J connectivity index is 1.56. The predicted molar refractivity (Wildman–Crippen MR) is 136 cm³/mol. The minimum atomic E-state index is -1.77. The first-order valence-corrected chi connectivity index (χ1v) is 11.9. The van der Waals surface area contributed by atoms with Crippen LogP contribution >= 0.6 is 12.8 Å². The van der Waals surface area contributed by atoms with Gasteiger partial charge in [-0.1, -0.05) is 19.7 Å². The molecule has 5 rings (SSSR count). The van der Waals surface area contributed by atoms with Crippen molar-refractivity contribution in [1.82, 2.24) is 20.3 Å². The molecule has 1 fully saturated rings. The van der Waals surface area contributed by atoms with Crippen LogP contribution in [0, 0.1) is 17.6 Å². The zero-order valence-corrected chi connectivity index (χ0v) is 20.6. The molecule has 0 bridgehead atoms. The Bertz CT molecular complexity index is 1380. The number of urea groups is 1. The van der Waals surface area contributed by atoms with Crippen LogP contribution in [0.25, 0.3) is 22.5 Å². The summed E-state index contributed by atoms with van der Waals surface area (Å²) >= 11 is 4.28. The average molecular weight is 524 g/mol. The third-order valence-corrected chi connectivity index (χ3v) is 6.19. The molecule has 1 saturated heterocycles. The second-order valence-electron chi connectivity index (χ2n) is 8.61. The van der Waals surface area contributed by atoms with Gasteiger partial charge in [0, 0.05) is 29.4 Å². The summed E-state index contributed by atoms with van der Waals surface area (Å²) in [7, 11) is 0. The van der Waals surface area contributed by atoms with E-state index in [4.69, 9.17) is 14.5 Å². The molecule has 0 saturated carbocycles. The van der Waals surface area contributed by atoms with Crippen molar-refractivity contribution in [3.63, 3.8) is 0 Å². The number of amides is 2. The van der Waals surface area contributed by atoms with Crippen molar-refractivity contribution in [2.24, 2.45) is 5.92 Å². The Morgan fingerprint density at radius 1 is 1.00 bits per heavy atom. The molecule has 3 heterocycles. The first-order chi connectivity index (χ1) is 17.8. The summed E-state index contributed by atoms with van der Waals surface area (Å²) in [5, 5.41) is 2.74. The Morgan fingerprint density at radius 2 is 1.59 bits per heavy atom. The van der Waals surface area contributed by atoms with Gasteiger partial charge in [-0.15, -0.1) is 0 Å². The average Bonchev–Trinajstić information content (AvgIpc) is 3.37. The fourth-order valence-corrected chi connectivity index (χ4v) is 4.03. The summed E-state index contributed by atoms with van der Waals surface area (Å²) in [5.41, 5.74) is 2.85. The lowest BCUT2D eigenvalue weighted by Crippen LogP contribution is -2.56. The molecular formula is C26H23F2N5O3S.